The minimum Gasteiger partial charge on any atom is -0.390 e. The summed E-state index contributed by atoms with van der Waals surface area (Å²) in [5.74, 6) is -2.67. The maximum atomic E-state index is 13.8. The maximum Gasteiger partial charge on any atom is 0.243 e. The van der Waals surface area contributed by atoms with Crippen LogP contribution in [0.5, 0.6) is 0 Å². The van der Waals surface area contributed by atoms with E-state index in [1.807, 2.05) is 25.1 Å². The number of rotatable bonds is 13. The van der Waals surface area contributed by atoms with Gasteiger partial charge < -0.3 is 25.5 Å². The average molecular weight is 531 g/mol. The highest BCUT2D eigenvalue weighted by Crippen LogP contribution is 2.13. The van der Waals surface area contributed by atoms with E-state index < -0.39 is 29.7 Å². The minimum atomic E-state index is -1.10. The number of aliphatic hydroxyl groups is 1. The Morgan fingerprint density at radius 2 is 1.63 bits per heavy atom. The highest BCUT2D eigenvalue weighted by atomic mass is 19.1. The molecule has 38 heavy (non-hydrogen) atoms. The average Bonchev–Trinajstić information content (AvgIpc) is 2.86. The quantitative estimate of drug-likeness (QED) is 0.367. The van der Waals surface area contributed by atoms with Crippen molar-refractivity contribution in [3.05, 3.63) is 70.8 Å². The minimum absolute atomic E-state index is 0.0360. The number of halogens is 2. The summed E-state index contributed by atoms with van der Waals surface area (Å²) in [6.07, 6.45) is 0.485. The zero-order valence-corrected chi connectivity index (χ0v) is 21.9. The van der Waals surface area contributed by atoms with E-state index in [1.54, 1.807) is 0 Å². The smallest absolute Gasteiger partial charge is 0.243 e. The van der Waals surface area contributed by atoms with Crippen molar-refractivity contribution in [1.82, 2.24) is 20.4 Å². The molecule has 1 heterocycles. The third-order valence-corrected chi connectivity index (χ3v) is 6.46. The number of aliphatic hydroxyl groups excluding tert-OH is 1. The van der Waals surface area contributed by atoms with Gasteiger partial charge in [0.1, 0.15) is 24.7 Å². The fourth-order valence-electron chi connectivity index (χ4n) is 4.48. The number of nitrogens with zero attached hydrogens (tertiary/aromatic N) is 2. The van der Waals surface area contributed by atoms with Gasteiger partial charge in [0.25, 0.3) is 0 Å². The molecule has 2 atom stereocenters. The highest BCUT2D eigenvalue weighted by Gasteiger charge is 2.31. The molecular weight excluding hydrogens is 494 g/mol. The van der Waals surface area contributed by atoms with Crippen LogP contribution in [0.3, 0.4) is 0 Å². The van der Waals surface area contributed by atoms with Crippen LogP contribution in [0.1, 0.15) is 37.0 Å². The molecule has 0 unspecified atom stereocenters. The lowest BCUT2D eigenvalue weighted by atomic mass is 10.0. The van der Waals surface area contributed by atoms with Crippen molar-refractivity contribution in [1.29, 1.82) is 0 Å². The second kappa shape index (κ2) is 14.0. The predicted octanol–water partition coefficient (Wildman–Crippen LogP) is 1.79. The number of hydrogen-bond acceptors (Lipinski definition) is 5. The van der Waals surface area contributed by atoms with Gasteiger partial charge in [-0.05, 0) is 48.1 Å². The number of carbonyl (C=O) groups is 3. The van der Waals surface area contributed by atoms with Crippen LogP contribution < -0.4 is 10.6 Å². The van der Waals surface area contributed by atoms with Gasteiger partial charge in [0.2, 0.25) is 17.7 Å². The molecule has 0 radical (unpaired) electrons. The fourth-order valence-corrected chi connectivity index (χ4v) is 4.48. The van der Waals surface area contributed by atoms with Crippen LogP contribution in [0.25, 0.3) is 0 Å². The Kier molecular flexibility index (Phi) is 10.7. The summed E-state index contributed by atoms with van der Waals surface area (Å²) in [4.78, 5) is 40.3. The molecule has 0 saturated carbocycles. The molecule has 10 heteroatoms. The number of hydrogen-bond donors (Lipinski definition) is 3. The molecule has 0 bridgehead atoms. The van der Waals surface area contributed by atoms with E-state index in [9.17, 15) is 28.3 Å². The first kappa shape index (κ1) is 29.2. The standard InChI is InChI=1S/C28H36F2N4O4/c1-3-8-33-17-28(38)34(18-27(33)37)16-26(36)32-24(12-21-10-22(29)13-23(30)11-21)25(35)15-31-14-20-7-5-6-19(4-2)9-20/h5-7,9-11,13,24-25,31,35H,3-4,8,12,14-18H2,1-2H3,(H,32,36)/t24-,25-/m0/s1. The molecule has 8 nitrogen and oxygen atoms in total. The maximum absolute atomic E-state index is 13.8. The fraction of sp³-hybridized carbons (Fsp3) is 0.464. The normalized spacial score (nSPS) is 15.5. The SMILES string of the molecule is CCCN1CC(=O)N(CC(=O)N[C@@H](Cc2cc(F)cc(F)c2)[C@@H](O)CNCc2cccc(CC)c2)CC1=O. The van der Waals surface area contributed by atoms with Crippen LogP contribution in [-0.4, -0.2) is 77.5 Å². The van der Waals surface area contributed by atoms with E-state index >= 15 is 0 Å². The van der Waals surface area contributed by atoms with Gasteiger partial charge in [-0.15, -0.1) is 0 Å². The summed E-state index contributed by atoms with van der Waals surface area (Å²) in [6.45, 7) is 4.38. The number of nitrogens with one attached hydrogen (secondary N) is 2. The van der Waals surface area contributed by atoms with Crippen LogP contribution in [0, 0.1) is 11.6 Å². The van der Waals surface area contributed by atoms with E-state index in [4.69, 9.17) is 0 Å². The van der Waals surface area contributed by atoms with Crippen molar-refractivity contribution >= 4 is 17.7 Å². The Bertz CT molecular complexity index is 1110. The summed E-state index contributed by atoms with van der Waals surface area (Å²) < 4.78 is 27.6. The number of aryl methyl sites for hydroxylation is 1. The van der Waals surface area contributed by atoms with E-state index in [0.29, 0.717) is 13.1 Å². The first-order valence-corrected chi connectivity index (χ1v) is 12.9. The van der Waals surface area contributed by atoms with Crippen molar-refractivity contribution in [2.75, 3.05) is 32.7 Å². The molecular formula is C28H36F2N4O4. The number of carbonyl (C=O) groups excluding carboxylic acids is 3. The van der Waals surface area contributed by atoms with Crippen molar-refractivity contribution < 1.29 is 28.3 Å². The molecule has 3 N–H and O–H groups in total. The van der Waals surface area contributed by atoms with Crippen LogP contribution in [0.2, 0.25) is 0 Å². The third kappa shape index (κ3) is 8.59. The highest BCUT2D eigenvalue weighted by molar-refractivity contribution is 5.95. The van der Waals surface area contributed by atoms with Gasteiger partial charge in [-0.2, -0.15) is 0 Å². The molecule has 0 aliphatic carbocycles. The third-order valence-electron chi connectivity index (χ3n) is 6.46. The van der Waals surface area contributed by atoms with Crippen LogP contribution in [0.15, 0.2) is 42.5 Å². The molecule has 0 spiro atoms. The first-order valence-electron chi connectivity index (χ1n) is 12.9. The Hall–Kier alpha value is -3.37. The molecule has 1 aliphatic rings. The summed E-state index contributed by atoms with van der Waals surface area (Å²) in [7, 11) is 0. The van der Waals surface area contributed by atoms with Crippen molar-refractivity contribution in [3.63, 3.8) is 0 Å². The number of piperazine rings is 1. The molecule has 0 aromatic heterocycles. The van der Waals surface area contributed by atoms with E-state index in [1.165, 1.54) is 15.4 Å². The predicted molar refractivity (Wildman–Crippen MR) is 139 cm³/mol. The zero-order chi connectivity index (χ0) is 27.7. The Labute approximate surface area is 222 Å². The molecule has 2 aromatic carbocycles. The van der Waals surface area contributed by atoms with E-state index in [0.717, 1.165) is 36.6 Å². The van der Waals surface area contributed by atoms with Gasteiger partial charge >= 0.3 is 0 Å². The Balaban J connectivity index is 1.65. The second-order valence-electron chi connectivity index (χ2n) is 9.59. The monoisotopic (exact) mass is 530 g/mol. The Morgan fingerprint density at radius 1 is 0.974 bits per heavy atom. The largest absolute Gasteiger partial charge is 0.390 e. The lowest BCUT2D eigenvalue weighted by Gasteiger charge is -2.34. The van der Waals surface area contributed by atoms with E-state index in [-0.39, 0.29) is 50.0 Å². The molecule has 3 amide bonds. The summed E-state index contributed by atoms with van der Waals surface area (Å²) in [5.41, 5.74) is 2.49. The molecule has 1 saturated heterocycles. The molecule has 206 valence electrons. The topological polar surface area (TPSA) is 102 Å². The van der Waals surface area contributed by atoms with Gasteiger partial charge in [-0.25, -0.2) is 8.78 Å². The molecule has 1 fully saturated rings. The lowest BCUT2D eigenvalue weighted by molar-refractivity contribution is -0.151. The summed E-state index contributed by atoms with van der Waals surface area (Å²) >= 11 is 0. The zero-order valence-electron chi connectivity index (χ0n) is 21.9. The molecule has 3 rings (SSSR count). The van der Waals surface area contributed by atoms with E-state index in [2.05, 4.69) is 23.6 Å². The van der Waals surface area contributed by atoms with Gasteiger partial charge in [0.15, 0.2) is 0 Å². The molecule has 1 aliphatic heterocycles. The van der Waals surface area contributed by atoms with Crippen LogP contribution in [-0.2, 0) is 33.8 Å². The first-order chi connectivity index (χ1) is 18.2. The van der Waals surface area contributed by atoms with Crippen molar-refractivity contribution in [2.45, 2.75) is 51.8 Å². The van der Waals surface area contributed by atoms with Crippen molar-refractivity contribution in [3.8, 4) is 0 Å². The summed E-state index contributed by atoms with van der Waals surface area (Å²) in [6, 6.07) is 10.2. The molecule has 2 aromatic rings. The van der Waals surface area contributed by atoms with Crippen LogP contribution >= 0.6 is 0 Å². The summed E-state index contributed by atoms with van der Waals surface area (Å²) in [5, 5.41) is 16.8. The Morgan fingerprint density at radius 3 is 2.32 bits per heavy atom. The van der Waals surface area contributed by atoms with Gasteiger partial charge in [0, 0.05) is 25.7 Å². The lowest BCUT2D eigenvalue weighted by Crippen LogP contribution is -2.57. The van der Waals surface area contributed by atoms with Gasteiger partial charge in [-0.1, -0.05) is 38.1 Å². The van der Waals surface area contributed by atoms with Crippen molar-refractivity contribution in [2.24, 2.45) is 0 Å². The van der Waals surface area contributed by atoms with Crippen LogP contribution in [0.4, 0.5) is 8.78 Å². The number of amides is 3. The number of benzene rings is 2. The van der Waals surface area contributed by atoms with Gasteiger partial charge in [0.05, 0.1) is 18.7 Å². The van der Waals surface area contributed by atoms with Gasteiger partial charge in [-0.3, -0.25) is 14.4 Å². The second-order valence-corrected chi connectivity index (χ2v) is 9.59.